The van der Waals surface area contributed by atoms with Gasteiger partial charge in [0, 0.05) is 56.0 Å². The lowest BCUT2D eigenvalue weighted by Gasteiger charge is -2.45. The highest BCUT2D eigenvalue weighted by Gasteiger charge is 2.45. The number of hydrogen-bond acceptors (Lipinski definition) is 4. The Morgan fingerprint density at radius 3 is 1.33 bits per heavy atom. The Labute approximate surface area is 391 Å². The minimum absolute atomic E-state index is 0.00884. The van der Waals surface area contributed by atoms with E-state index in [1.807, 2.05) is 24.7 Å². The Balaban J connectivity index is 1.25. The first kappa shape index (κ1) is 42.0. The largest absolute Gasteiger partial charge is 0.464 e. The monoisotopic (exact) mass is 862 g/mol. The summed E-state index contributed by atoms with van der Waals surface area (Å²) in [5, 5.41) is 2.18. The van der Waals surface area contributed by atoms with Gasteiger partial charge in [0.25, 0.3) is 6.71 Å². The van der Waals surface area contributed by atoms with Gasteiger partial charge < -0.3 is 18.6 Å². The Morgan fingerprint density at radius 1 is 0.439 bits per heavy atom. The van der Waals surface area contributed by atoms with Crippen LogP contribution in [0.25, 0.3) is 44.2 Å². The fourth-order valence-electron chi connectivity index (χ4n) is 10.4. The SMILES string of the molecule is CC(C)c1cc2c3c(c1)N(c1cc(-c4coc5ccccc45)cc(-c4coc5ccccc45)c1)c1ccc(C(C)(C)C)cc1B3c1cc(C(C)(C)C)ccc1N2c1ccc(C(C)(C)C)cc1. The van der Waals surface area contributed by atoms with Crippen molar-refractivity contribution in [3.63, 3.8) is 0 Å². The highest BCUT2D eigenvalue weighted by atomic mass is 16.3. The normalized spacial score (nSPS) is 13.7. The molecule has 0 atom stereocenters. The van der Waals surface area contributed by atoms with Crippen LogP contribution in [0.5, 0.6) is 0 Å². The van der Waals surface area contributed by atoms with E-state index in [9.17, 15) is 0 Å². The zero-order chi connectivity index (χ0) is 46.0. The van der Waals surface area contributed by atoms with Gasteiger partial charge in [-0.15, -0.1) is 0 Å². The Morgan fingerprint density at radius 2 is 0.879 bits per heavy atom. The molecule has 0 fully saturated rings. The Kier molecular flexibility index (Phi) is 9.47. The highest BCUT2D eigenvalue weighted by Crippen LogP contribution is 2.49. The lowest BCUT2D eigenvalue weighted by molar-refractivity contribution is 0.590. The van der Waals surface area contributed by atoms with Crippen molar-refractivity contribution >= 4 is 79.2 Å². The molecule has 11 rings (SSSR count). The zero-order valence-electron chi connectivity index (χ0n) is 40.3. The number of nitrogens with zero attached hydrogens (tertiary/aromatic N) is 2. The second-order valence-electron chi connectivity index (χ2n) is 22.1. The van der Waals surface area contributed by atoms with Crippen LogP contribution >= 0.6 is 0 Å². The number of anilines is 6. The topological polar surface area (TPSA) is 32.8 Å². The van der Waals surface area contributed by atoms with Gasteiger partial charge in [0.05, 0.1) is 12.5 Å². The molecule has 2 aliphatic rings. The molecule has 5 heteroatoms. The van der Waals surface area contributed by atoms with E-state index in [1.54, 1.807) is 0 Å². The molecule has 2 aromatic heterocycles. The maximum atomic E-state index is 6.25. The van der Waals surface area contributed by atoms with E-state index in [4.69, 9.17) is 8.83 Å². The summed E-state index contributed by atoms with van der Waals surface area (Å²) in [5.74, 6) is 0.280. The number of benzene rings is 7. The van der Waals surface area contributed by atoms with Crippen LogP contribution in [-0.4, -0.2) is 6.71 Å². The van der Waals surface area contributed by atoms with E-state index in [0.717, 1.165) is 55.6 Å². The first-order chi connectivity index (χ1) is 31.4. The van der Waals surface area contributed by atoms with Gasteiger partial charge in [0.1, 0.15) is 11.2 Å². The van der Waals surface area contributed by atoms with Gasteiger partial charge in [-0.1, -0.05) is 149 Å². The van der Waals surface area contributed by atoms with Gasteiger partial charge >= 0.3 is 0 Å². The summed E-state index contributed by atoms with van der Waals surface area (Å²) in [4.78, 5) is 5.13. The lowest BCUT2D eigenvalue weighted by Crippen LogP contribution is -2.61. The van der Waals surface area contributed by atoms with Crippen molar-refractivity contribution in [1.82, 2.24) is 0 Å². The van der Waals surface area contributed by atoms with Crippen LogP contribution in [0.1, 0.15) is 104 Å². The van der Waals surface area contributed by atoms with Gasteiger partial charge in [-0.2, -0.15) is 0 Å². The molecule has 0 radical (unpaired) electrons. The Hall–Kier alpha value is -6.72. The van der Waals surface area contributed by atoms with E-state index in [2.05, 4.69) is 213 Å². The zero-order valence-corrected chi connectivity index (χ0v) is 40.3. The van der Waals surface area contributed by atoms with Gasteiger partial charge in [-0.05, 0) is 139 Å². The van der Waals surface area contributed by atoms with Crippen molar-refractivity contribution in [2.24, 2.45) is 0 Å². The molecule has 2 aliphatic heterocycles. The molecule has 4 nitrogen and oxygen atoms in total. The molecule has 0 amide bonds. The summed E-state index contributed by atoms with van der Waals surface area (Å²) in [6.45, 7) is 25.5. The average molecular weight is 863 g/mol. The van der Waals surface area contributed by atoms with E-state index in [-0.39, 0.29) is 28.9 Å². The summed E-state index contributed by atoms with van der Waals surface area (Å²) >= 11 is 0. The van der Waals surface area contributed by atoms with Crippen molar-refractivity contribution in [2.45, 2.75) is 98.3 Å². The highest BCUT2D eigenvalue weighted by molar-refractivity contribution is 7.00. The smallest absolute Gasteiger partial charge is 0.252 e. The fourth-order valence-corrected chi connectivity index (χ4v) is 10.4. The lowest BCUT2D eigenvalue weighted by atomic mass is 9.33. The number of fused-ring (bicyclic) bond motifs is 6. The summed E-state index contributed by atoms with van der Waals surface area (Å²) in [6.07, 6.45) is 3.84. The van der Waals surface area contributed by atoms with Gasteiger partial charge in [-0.25, -0.2) is 0 Å². The quantitative estimate of drug-likeness (QED) is 0.161. The maximum Gasteiger partial charge on any atom is 0.252 e. The van der Waals surface area contributed by atoms with Gasteiger partial charge in [0.2, 0.25) is 0 Å². The summed E-state index contributed by atoms with van der Waals surface area (Å²) in [6, 6.07) is 52.6. The van der Waals surface area contributed by atoms with Crippen molar-refractivity contribution in [1.29, 1.82) is 0 Å². The molecule has 328 valence electrons. The first-order valence-electron chi connectivity index (χ1n) is 23.7. The molecule has 0 N–H and O–H groups in total. The number of hydrogen-bond donors (Lipinski definition) is 0. The van der Waals surface area contributed by atoms with E-state index in [0.29, 0.717) is 0 Å². The van der Waals surface area contributed by atoms with Crippen LogP contribution in [0.15, 0.2) is 161 Å². The maximum absolute atomic E-state index is 6.25. The van der Waals surface area contributed by atoms with E-state index < -0.39 is 0 Å². The van der Waals surface area contributed by atoms with Crippen molar-refractivity contribution in [3.8, 4) is 22.3 Å². The first-order valence-corrected chi connectivity index (χ1v) is 23.7. The van der Waals surface area contributed by atoms with Crippen molar-refractivity contribution in [3.05, 3.63) is 174 Å². The summed E-state index contributed by atoms with van der Waals surface area (Å²) < 4.78 is 12.5. The van der Waals surface area contributed by atoms with Crippen molar-refractivity contribution in [2.75, 3.05) is 9.80 Å². The molecule has 9 aromatic rings. The minimum Gasteiger partial charge on any atom is -0.464 e. The predicted octanol–water partition coefficient (Wildman–Crippen LogP) is 15.6. The average Bonchev–Trinajstić information content (AvgIpc) is 3.93. The third-order valence-corrected chi connectivity index (χ3v) is 14.2. The van der Waals surface area contributed by atoms with E-state index >= 15 is 0 Å². The van der Waals surface area contributed by atoms with Gasteiger partial charge in [0.15, 0.2) is 0 Å². The second kappa shape index (κ2) is 14.9. The molecule has 0 bridgehead atoms. The van der Waals surface area contributed by atoms with Crippen LogP contribution in [0, 0.1) is 0 Å². The number of para-hydroxylation sites is 2. The molecular formula is C61H59BN2O2. The Bertz CT molecular complexity index is 3270. The third-order valence-electron chi connectivity index (χ3n) is 14.2. The molecule has 0 spiro atoms. The molecule has 0 saturated carbocycles. The molecule has 66 heavy (non-hydrogen) atoms. The van der Waals surface area contributed by atoms with Crippen LogP contribution in [0.2, 0.25) is 0 Å². The molecule has 0 saturated heterocycles. The molecule has 0 unspecified atom stereocenters. The summed E-state index contributed by atoms with van der Waals surface area (Å²) in [7, 11) is 0. The van der Waals surface area contributed by atoms with Crippen LogP contribution in [0.3, 0.4) is 0 Å². The molecule has 0 aliphatic carbocycles. The van der Waals surface area contributed by atoms with Crippen molar-refractivity contribution < 1.29 is 8.83 Å². The third kappa shape index (κ3) is 6.81. The molecular weight excluding hydrogens is 803 g/mol. The van der Waals surface area contributed by atoms with Gasteiger partial charge in [-0.3, -0.25) is 0 Å². The number of rotatable bonds is 5. The van der Waals surface area contributed by atoms with Crippen LogP contribution < -0.4 is 26.2 Å². The minimum atomic E-state index is -0.0617. The van der Waals surface area contributed by atoms with E-state index in [1.165, 1.54) is 61.4 Å². The van der Waals surface area contributed by atoms with Crippen LogP contribution in [-0.2, 0) is 16.2 Å². The van der Waals surface area contributed by atoms with Crippen LogP contribution in [0.4, 0.5) is 34.1 Å². The molecule has 4 heterocycles. The fraction of sp³-hybridized carbons (Fsp3) is 0.246. The summed E-state index contributed by atoms with van der Waals surface area (Å²) in [5.41, 5.74) is 22.3. The molecule has 7 aromatic carbocycles. The second-order valence-corrected chi connectivity index (χ2v) is 22.1. The predicted molar refractivity (Wildman–Crippen MR) is 281 cm³/mol. The standard InChI is InChI=1S/C61H59BN2O2/c1-37(2)38-31-54-58-55(32-38)64(45-29-39(48-35-65-56-18-14-12-16-46(48)56)28-40(30-45)49-36-66-57-19-15-13-17-47(49)57)53-27-23-43(61(9,10)11)34-51(53)62(58)50-33-42(60(6,7)8)22-26-52(50)63(54)44-24-20-41(21-25-44)59(3,4)5/h12-37H,1-11H3. The number of furan rings is 2.